The molecule has 0 atom stereocenters. The van der Waals surface area contributed by atoms with Gasteiger partial charge in [-0.05, 0) is 83.4 Å². The van der Waals surface area contributed by atoms with Gasteiger partial charge in [0.1, 0.15) is 12.2 Å². The van der Waals surface area contributed by atoms with E-state index >= 15 is 0 Å². The SMILES string of the molecule is CCOc1cc(/C=C2\C(=O)NC(=O)N(c3ccc(C)cc3)C2=O)cc(Br)c1OCc1ccc(Cl)c(Cl)c1. The highest BCUT2D eigenvalue weighted by Crippen LogP contribution is 2.38. The molecule has 190 valence electrons. The Balaban J connectivity index is 1.65. The topological polar surface area (TPSA) is 84.9 Å². The summed E-state index contributed by atoms with van der Waals surface area (Å²) >= 11 is 15.6. The highest BCUT2D eigenvalue weighted by atomic mass is 79.9. The molecule has 1 fully saturated rings. The molecule has 0 aromatic heterocycles. The first-order chi connectivity index (χ1) is 17.7. The molecular formula is C27H21BrCl2N2O5. The summed E-state index contributed by atoms with van der Waals surface area (Å²) in [4.78, 5) is 39.2. The lowest BCUT2D eigenvalue weighted by Gasteiger charge is -2.26. The van der Waals surface area contributed by atoms with Crippen molar-refractivity contribution in [2.45, 2.75) is 20.5 Å². The number of urea groups is 1. The average molecular weight is 604 g/mol. The maximum atomic E-state index is 13.2. The number of aryl methyl sites for hydroxylation is 1. The summed E-state index contributed by atoms with van der Waals surface area (Å²) in [6.45, 7) is 4.27. The van der Waals surface area contributed by atoms with Gasteiger partial charge < -0.3 is 9.47 Å². The quantitative estimate of drug-likeness (QED) is 0.240. The summed E-state index contributed by atoms with van der Waals surface area (Å²) in [7, 11) is 0. The van der Waals surface area contributed by atoms with Crippen molar-refractivity contribution in [1.29, 1.82) is 0 Å². The van der Waals surface area contributed by atoms with Crippen molar-refractivity contribution in [2.24, 2.45) is 0 Å². The number of hydrogen-bond acceptors (Lipinski definition) is 5. The van der Waals surface area contributed by atoms with Crippen molar-refractivity contribution in [3.05, 3.63) is 91.4 Å². The standard InChI is InChI=1S/C27H21BrCl2N2O5/c1-3-36-23-13-17(11-20(28)24(23)37-14-16-6-9-21(29)22(30)12-16)10-19-25(33)31-27(35)32(26(19)34)18-7-4-15(2)5-8-18/h4-13H,3,14H2,1-2H3,(H,31,33,35)/b19-10+. The number of halogens is 3. The molecule has 10 heteroatoms. The summed E-state index contributed by atoms with van der Waals surface area (Å²) in [5, 5.41) is 3.09. The van der Waals surface area contributed by atoms with Crippen LogP contribution >= 0.6 is 39.1 Å². The van der Waals surface area contributed by atoms with E-state index in [1.807, 2.05) is 13.8 Å². The monoisotopic (exact) mass is 602 g/mol. The number of hydrogen-bond donors (Lipinski definition) is 1. The Labute approximate surface area is 232 Å². The normalized spacial score (nSPS) is 14.7. The Morgan fingerprint density at radius 2 is 1.70 bits per heavy atom. The van der Waals surface area contributed by atoms with E-state index < -0.39 is 17.8 Å². The molecule has 1 aliphatic heterocycles. The smallest absolute Gasteiger partial charge is 0.335 e. The molecule has 1 saturated heterocycles. The van der Waals surface area contributed by atoms with Gasteiger partial charge in [-0.25, -0.2) is 9.69 Å². The Bertz CT molecular complexity index is 1420. The molecule has 4 rings (SSSR count). The summed E-state index contributed by atoms with van der Waals surface area (Å²) in [5.74, 6) is -0.677. The number of nitrogens with zero attached hydrogens (tertiary/aromatic N) is 1. The highest BCUT2D eigenvalue weighted by Gasteiger charge is 2.36. The zero-order chi connectivity index (χ0) is 26.7. The number of rotatable bonds is 7. The van der Waals surface area contributed by atoms with Gasteiger partial charge in [-0.3, -0.25) is 14.9 Å². The zero-order valence-electron chi connectivity index (χ0n) is 19.8. The molecule has 0 bridgehead atoms. The van der Waals surface area contributed by atoms with E-state index in [9.17, 15) is 14.4 Å². The molecule has 4 amide bonds. The summed E-state index contributed by atoms with van der Waals surface area (Å²) in [6.07, 6.45) is 1.40. The van der Waals surface area contributed by atoms with Gasteiger partial charge in [0.15, 0.2) is 11.5 Å². The third-order valence-corrected chi connectivity index (χ3v) is 6.73. The highest BCUT2D eigenvalue weighted by molar-refractivity contribution is 9.10. The fourth-order valence-corrected chi connectivity index (χ4v) is 4.51. The molecule has 0 saturated carbocycles. The van der Waals surface area contributed by atoms with Crippen molar-refractivity contribution in [3.8, 4) is 11.5 Å². The lowest BCUT2D eigenvalue weighted by molar-refractivity contribution is -0.122. The maximum absolute atomic E-state index is 13.2. The number of amides is 4. The van der Waals surface area contributed by atoms with E-state index in [1.165, 1.54) is 6.08 Å². The second-order valence-corrected chi connectivity index (χ2v) is 9.76. The number of carbonyl (C=O) groups is 3. The van der Waals surface area contributed by atoms with Crippen molar-refractivity contribution in [2.75, 3.05) is 11.5 Å². The fraction of sp³-hybridized carbons (Fsp3) is 0.148. The van der Waals surface area contributed by atoms with Gasteiger partial charge in [0.25, 0.3) is 11.8 Å². The van der Waals surface area contributed by atoms with Gasteiger partial charge in [0, 0.05) is 0 Å². The van der Waals surface area contributed by atoms with Crippen LogP contribution in [0.2, 0.25) is 10.0 Å². The Hall–Kier alpha value is -3.33. The summed E-state index contributed by atoms with van der Waals surface area (Å²) in [6, 6.07) is 14.6. The molecule has 0 unspecified atom stereocenters. The predicted molar refractivity (Wildman–Crippen MR) is 146 cm³/mol. The predicted octanol–water partition coefficient (Wildman–Crippen LogP) is 6.71. The number of ether oxygens (including phenoxy) is 2. The van der Waals surface area contributed by atoms with Crippen LogP contribution in [-0.2, 0) is 16.2 Å². The van der Waals surface area contributed by atoms with Crippen LogP contribution in [0.4, 0.5) is 10.5 Å². The van der Waals surface area contributed by atoms with Crippen LogP contribution in [0.15, 0.2) is 64.6 Å². The van der Waals surface area contributed by atoms with E-state index in [0.717, 1.165) is 16.0 Å². The number of benzene rings is 3. The molecule has 1 aliphatic rings. The van der Waals surface area contributed by atoms with E-state index in [0.29, 0.717) is 43.9 Å². The number of imide groups is 2. The van der Waals surface area contributed by atoms with Crippen LogP contribution in [0, 0.1) is 6.92 Å². The third kappa shape index (κ3) is 5.98. The summed E-state index contributed by atoms with van der Waals surface area (Å²) in [5.41, 5.74) is 2.43. The van der Waals surface area contributed by atoms with Gasteiger partial charge in [-0.2, -0.15) is 0 Å². The van der Waals surface area contributed by atoms with E-state index in [1.54, 1.807) is 54.6 Å². The number of barbiturate groups is 1. The van der Waals surface area contributed by atoms with Gasteiger partial charge in [0.05, 0.1) is 26.8 Å². The van der Waals surface area contributed by atoms with Crippen LogP contribution in [0.25, 0.3) is 6.08 Å². The first kappa shape index (κ1) is 26.7. The van der Waals surface area contributed by atoms with Crippen LogP contribution in [0.3, 0.4) is 0 Å². The van der Waals surface area contributed by atoms with Crippen molar-refractivity contribution >= 4 is 68.7 Å². The average Bonchev–Trinajstić information content (AvgIpc) is 2.84. The first-order valence-corrected chi connectivity index (χ1v) is 12.7. The molecule has 0 radical (unpaired) electrons. The molecule has 0 aliphatic carbocycles. The molecule has 7 nitrogen and oxygen atoms in total. The number of anilines is 1. The Kier molecular flexibility index (Phi) is 8.22. The maximum Gasteiger partial charge on any atom is 0.335 e. The van der Waals surface area contributed by atoms with Gasteiger partial charge in [0.2, 0.25) is 0 Å². The largest absolute Gasteiger partial charge is 0.490 e. The second-order valence-electron chi connectivity index (χ2n) is 8.09. The minimum Gasteiger partial charge on any atom is -0.490 e. The Morgan fingerprint density at radius 3 is 2.38 bits per heavy atom. The zero-order valence-corrected chi connectivity index (χ0v) is 22.9. The lowest BCUT2D eigenvalue weighted by atomic mass is 10.1. The van der Waals surface area contributed by atoms with E-state index in [2.05, 4.69) is 21.2 Å². The summed E-state index contributed by atoms with van der Waals surface area (Å²) < 4.78 is 12.3. The van der Waals surface area contributed by atoms with Crippen LogP contribution in [0.1, 0.15) is 23.6 Å². The Morgan fingerprint density at radius 1 is 0.973 bits per heavy atom. The third-order valence-electron chi connectivity index (χ3n) is 5.40. The molecule has 1 N–H and O–H groups in total. The van der Waals surface area contributed by atoms with Crippen molar-refractivity contribution in [1.82, 2.24) is 5.32 Å². The molecular weight excluding hydrogens is 583 g/mol. The fourth-order valence-electron chi connectivity index (χ4n) is 3.61. The van der Waals surface area contributed by atoms with Crippen LogP contribution < -0.4 is 19.7 Å². The van der Waals surface area contributed by atoms with Crippen LogP contribution in [0.5, 0.6) is 11.5 Å². The molecule has 37 heavy (non-hydrogen) atoms. The van der Waals surface area contributed by atoms with Crippen LogP contribution in [-0.4, -0.2) is 24.5 Å². The number of carbonyl (C=O) groups excluding carboxylic acids is 3. The minimum atomic E-state index is -0.807. The van der Waals surface area contributed by atoms with Gasteiger partial charge >= 0.3 is 6.03 Å². The van der Waals surface area contributed by atoms with E-state index in [-0.39, 0.29) is 12.2 Å². The van der Waals surface area contributed by atoms with Crippen molar-refractivity contribution in [3.63, 3.8) is 0 Å². The van der Waals surface area contributed by atoms with Gasteiger partial charge in [-0.1, -0.05) is 47.0 Å². The molecule has 1 heterocycles. The molecule has 3 aromatic carbocycles. The number of nitrogens with one attached hydrogen (secondary N) is 1. The molecule has 0 spiro atoms. The first-order valence-electron chi connectivity index (χ1n) is 11.2. The van der Waals surface area contributed by atoms with E-state index in [4.69, 9.17) is 32.7 Å². The van der Waals surface area contributed by atoms with Crippen molar-refractivity contribution < 1.29 is 23.9 Å². The minimum absolute atomic E-state index is 0.195. The lowest BCUT2D eigenvalue weighted by Crippen LogP contribution is -2.54. The van der Waals surface area contributed by atoms with Gasteiger partial charge in [-0.15, -0.1) is 0 Å². The second kappa shape index (κ2) is 11.4. The molecule has 3 aromatic rings.